The third-order valence-corrected chi connectivity index (χ3v) is 3.97. The molecule has 0 aliphatic carbocycles. The molecular weight excluding hydrogens is 264 g/mol. The number of aryl methyl sites for hydroxylation is 1. The first-order valence-corrected chi connectivity index (χ1v) is 7.80. The molecule has 4 heteroatoms. The van der Waals surface area contributed by atoms with E-state index in [0.29, 0.717) is 13.2 Å². The molecule has 0 saturated carbocycles. The fourth-order valence-electron chi connectivity index (χ4n) is 2.69. The largest absolute Gasteiger partial charge is 0.379 e. The molecule has 0 aromatic heterocycles. The van der Waals surface area contributed by atoms with Crippen LogP contribution in [0.15, 0.2) is 24.3 Å². The lowest BCUT2D eigenvalue weighted by atomic mass is 10.0. The Balaban J connectivity index is 1.94. The van der Waals surface area contributed by atoms with E-state index in [4.69, 9.17) is 4.74 Å². The number of ether oxygens (including phenoxy) is 1. The standard InChI is InChI=1S/C17H26N2O2/c1-4-8-18-16-11-21-10-15(16)17(20)19-13(3)14-7-5-6-12(2)9-14/h5-7,9,13,15-16,18H,4,8,10-11H2,1-3H3,(H,19,20)/t13-,15?,16?/m1/s1. The molecule has 0 spiro atoms. The van der Waals surface area contributed by atoms with Crippen LogP contribution in [0.4, 0.5) is 0 Å². The molecule has 1 aromatic rings. The summed E-state index contributed by atoms with van der Waals surface area (Å²) < 4.78 is 5.47. The molecule has 2 rings (SSSR count). The molecule has 1 heterocycles. The van der Waals surface area contributed by atoms with Crippen molar-refractivity contribution in [1.29, 1.82) is 0 Å². The Labute approximate surface area is 127 Å². The van der Waals surface area contributed by atoms with Crippen molar-refractivity contribution in [2.75, 3.05) is 19.8 Å². The fraction of sp³-hybridized carbons (Fsp3) is 0.588. The molecule has 1 fully saturated rings. The second-order valence-corrected chi connectivity index (χ2v) is 5.85. The van der Waals surface area contributed by atoms with E-state index in [2.05, 4.69) is 42.7 Å². The molecule has 4 nitrogen and oxygen atoms in total. The van der Waals surface area contributed by atoms with Gasteiger partial charge in [0.15, 0.2) is 0 Å². The van der Waals surface area contributed by atoms with Gasteiger partial charge in [0.25, 0.3) is 0 Å². The maximum absolute atomic E-state index is 12.5. The monoisotopic (exact) mass is 290 g/mol. The Morgan fingerprint density at radius 3 is 2.95 bits per heavy atom. The zero-order valence-electron chi connectivity index (χ0n) is 13.2. The van der Waals surface area contributed by atoms with Gasteiger partial charge in [0.05, 0.1) is 25.2 Å². The number of amides is 1. The first kappa shape index (κ1) is 16.0. The van der Waals surface area contributed by atoms with Gasteiger partial charge in [-0.2, -0.15) is 0 Å². The van der Waals surface area contributed by atoms with Crippen LogP contribution in [0.3, 0.4) is 0 Å². The highest BCUT2D eigenvalue weighted by atomic mass is 16.5. The lowest BCUT2D eigenvalue weighted by Gasteiger charge is -2.21. The number of carbonyl (C=O) groups is 1. The van der Waals surface area contributed by atoms with Gasteiger partial charge in [-0.05, 0) is 32.4 Å². The minimum absolute atomic E-state index is 0.0184. The first-order chi connectivity index (χ1) is 10.1. The minimum Gasteiger partial charge on any atom is -0.379 e. The van der Waals surface area contributed by atoms with Gasteiger partial charge in [-0.3, -0.25) is 4.79 Å². The number of hydrogen-bond acceptors (Lipinski definition) is 3. The summed E-state index contributed by atoms with van der Waals surface area (Å²) in [5.41, 5.74) is 2.35. The third kappa shape index (κ3) is 4.29. The smallest absolute Gasteiger partial charge is 0.227 e. The molecule has 2 N–H and O–H groups in total. The van der Waals surface area contributed by atoms with Gasteiger partial charge >= 0.3 is 0 Å². The van der Waals surface area contributed by atoms with Crippen LogP contribution < -0.4 is 10.6 Å². The van der Waals surface area contributed by atoms with Gasteiger partial charge in [-0.1, -0.05) is 36.8 Å². The van der Waals surface area contributed by atoms with Crippen molar-refractivity contribution in [1.82, 2.24) is 10.6 Å². The van der Waals surface area contributed by atoms with Crippen LogP contribution in [0.25, 0.3) is 0 Å². The van der Waals surface area contributed by atoms with Crippen molar-refractivity contribution in [2.45, 2.75) is 39.3 Å². The summed E-state index contributed by atoms with van der Waals surface area (Å²) in [5, 5.41) is 6.51. The maximum Gasteiger partial charge on any atom is 0.227 e. The van der Waals surface area contributed by atoms with Crippen molar-refractivity contribution in [3.05, 3.63) is 35.4 Å². The average Bonchev–Trinajstić information content (AvgIpc) is 2.93. The predicted octanol–water partition coefficient (Wildman–Crippen LogP) is 2.19. The van der Waals surface area contributed by atoms with Gasteiger partial charge in [-0.25, -0.2) is 0 Å². The summed E-state index contributed by atoms with van der Waals surface area (Å²) in [6, 6.07) is 8.41. The van der Waals surface area contributed by atoms with E-state index < -0.39 is 0 Å². The summed E-state index contributed by atoms with van der Waals surface area (Å²) in [6.45, 7) is 8.26. The van der Waals surface area contributed by atoms with Crippen molar-refractivity contribution in [3.8, 4) is 0 Å². The second kappa shape index (κ2) is 7.57. The second-order valence-electron chi connectivity index (χ2n) is 5.85. The quantitative estimate of drug-likeness (QED) is 0.844. The van der Waals surface area contributed by atoms with Crippen LogP contribution in [0.5, 0.6) is 0 Å². The van der Waals surface area contributed by atoms with Gasteiger partial charge in [0, 0.05) is 6.04 Å². The molecule has 1 saturated heterocycles. The zero-order valence-corrected chi connectivity index (χ0v) is 13.2. The van der Waals surface area contributed by atoms with E-state index in [0.717, 1.165) is 18.5 Å². The zero-order chi connectivity index (χ0) is 15.2. The van der Waals surface area contributed by atoms with Crippen LogP contribution in [-0.2, 0) is 9.53 Å². The van der Waals surface area contributed by atoms with Gasteiger partial charge in [0.1, 0.15) is 0 Å². The Morgan fingerprint density at radius 1 is 1.43 bits per heavy atom. The van der Waals surface area contributed by atoms with Crippen LogP contribution in [-0.4, -0.2) is 31.7 Å². The predicted molar refractivity (Wildman–Crippen MR) is 84.1 cm³/mol. The SMILES string of the molecule is CCCNC1COCC1C(=O)N[C@H](C)c1cccc(C)c1. The summed E-state index contributed by atoms with van der Waals surface area (Å²) in [7, 11) is 0. The Morgan fingerprint density at radius 2 is 2.24 bits per heavy atom. The molecule has 21 heavy (non-hydrogen) atoms. The van der Waals surface area contributed by atoms with E-state index in [9.17, 15) is 4.79 Å². The molecular formula is C17H26N2O2. The molecule has 1 aliphatic heterocycles. The summed E-state index contributed by atoms with van der Waals surface area (Å²) in [4.78, 5) is 12.5. The van der Waals surface area contributed by atoms with Crippen molar-refractivity contribution >= 4 is 5.91 Å². The Hall–Kier alpha value is -1.39. The highest BCUT2D eigenvalue weighted by Crippen LogP contribution is 2.18. The fourth-order valence-corrected chi connectivity index (χ4v) is 2.69. The molecule has 3 atom stereocenters. The number of hydrogen-bond donors (Lipinski definition) is 2. The highest BCUT2D eigenvalue weighted by molar-refractivity contribution is 5.80. The molecule has 1 aromatic carbocycles. The number of rotatable bonds is 6. The Kier molecular flexibility index (Phi) is 5.76. The normalized spacial score (nSPS) is 23.0. The lowest BCUT2D eigenvalue weighted by Crippen LogP contribution is -2.44. The van der Waals surface area contributed by atoms with Crippen LogP contribution in [0.1, 0.15) is 37.4 Å². The summed E-state index contributed by atoms with van der Waals surface area (Å²) >= 11 is 0. The number of benzene rings is 1. The molecule has 1 aliphatic rings. The first-order valence-electron chi connectivity index (χ1n) is 7.80. The Bertz CT molecular complexity index is 476. The molecule has 2 unspecified atom stereocenters. The summed E-state index contributed by atoms with van der Waals surface area (Å²) in [5.74, 6) is -0.0149. The minimum atomic E-state index is -0.0937. The van der Waals surface area contributed by atoms with Crippen molar-refractivity contribution < 1.29 is 9.53 Å². The summed E-state index contributed by atoms with van der Waals surface area (Å²) in [6.07, 6.45) is 1.06. The molecule has 0 bridgehead atoms. The van der Waals surface area contributed by atoms with E-state index in [1.807, 2.05) is 13.0 Å². The number of carbonyl (C=O) groups excluding carboxylic acids is 1. The van der Waals surface area contributed by atoms with Crippen LogP contribution in [0.2, 0.25) is 0 Å². The van der Waals surface area contributed by atoms with E-state index >= 15 is 0 Å². The topological polar surface area (TPSA) is 50.4 Å². The number of nitrogens with one attached hydrogen (secondary N) is 2. The van der Waals surface area contributed by atoms with Gasteiger partial charge in [-0.15, -0.1) is 0 Å². The average molecular weight is 290 g/mol. The van der Waals surface area contributed by atoms with Crippen LogP contribution >= 0.6 is 0 Å². The maximum atomic E-state index is 12.5. The molecule has 0 radical (unpaired) electrons. The molecule has 1 amide bonds. The van der Waals surface area contributed by atoms with Crippen molar-refractivity contribution in [2.24, 2.45) is 5.92 Å². The van der Waals surface area contributed by atoms with E-state index in [1.54, 1.807) is 0 Å². The molecule has 116 valence electrons. The van der Waals surface area contributed by atoms with Crippen molar-refractivity contribution in [3.63, 3.8) is 0 Å². The van der Waals surface area contributed by atoms with Gasteiger partial charge < -0.3 is 15.4 Å². The highest BCUT2D eigenvalue weighted by Gasteiger charge is 2.34. The van der Waals surface area contributed by atoms with E-state index in [-0.39, 0.29) is 23.9 Å². The third-order valence-electron chi connectivity index (χ3n) is 3.97. The van der Waals surface area contributed by atoms with Gasteiger partial charge in [0.2, 0.25) is 5.91 Å². The van der Waals surface area contributed by atoms with E-state index in [1.165, 1.54) is 5.56 Å². The lowest BCUT2D eigenvalue weighted by molar-refractivity contribution is -0.126. The van der Waals surface area contributed by atoms with Crippen LogP contribution in [0, 0.1) is 12.8 Å².